The number of nitrogens with one attached hydrogen (secondary N) is 2. The van der Waals surface area contributed by atoms with E-state index in [1.807, 2.05) is 19.9 Å². The highest BCUT2D eigenvalue weighted by molar-refractivity contribution is 9.10. The van der Waals surface area contributed by atoms with Gasteiger partial charge >= 0.3 is 6.03 Å². The number of carbonyl (C=O) groups excluding carboxylic acids is 1. The van der Waals surface area contributed by atoms with Crippen molar-refractivity contribution in [2.75, 3.05) is 19.0 Å². The van der Waals surface area contributed by atoms with Crippen molar-refractivity contribution in [1.29, 1.82) is 0 Å². The number of amides is 2. The first-order valence-corrected chi connectivity index (χ1v) is 7.74. The van der Waals surface area contributed by atoms with Crippen LogP contribution in [0.4, 0.5) is 10.5 Å². The summed E-state index contributed by atoms with van der Waals surface area (Å²) in [7, 11) is 1.61. The third-order valence-corrected chi connectivity index (χ3v) is 5.24. The minimum Gasteiger partial charge on any atom is -0.497 e. The molecule has 0 spiro atoms. The highest BCUT2D eigenvalue weighted by Gasteiger charge is 2.69. The summed E-state index contributed by atoms with van der Waals surface area (Å²) in [5.41, 5.74) is 0.168. The van der Waals surface area contributed by atoms with E-state index in [-0.39, 0.29) is 17.2 Å². The van der Waals surface area contributed by atoms with Crippen molar-refractivity contribution < 1.29 is 14.3 Å². The molecule has 0 bridgehead atoms. The third kappa shape index (κ3) is 2.40. The molecule has 1 aliphatic heterocycles. The zero-order chi connectivity index (χ0) is 15.3. The van der Waals surface area contributed by atoms with Crippen LogP contribution in [0.1, 0.15) is 20.3 Å². The maximum atomic E-state index is 12.3. The van der Waals surface area contributed by atoms with E-state index < -0.39 is 0 Å². The van der Waals surface area contributed by atoms with Gasteiger partial charge in [0.2, 0.25) is 0 Å². The van der Waals surface area contributed by atoms with E-state index >= 15 is 0 Å². The number of hydrogen-bond acceptors (Lipinski definition) is 3. The molecule has 0 radical (unpaired) electrons. The molecule has 1 heterocycles. The van der Waals surface area contributed by atoms with Gasteiger partial charge in [-0.3, -0.25) is 0 Å². The standard InChI is InChI=1S/C15H19BrN2O3/c1-14(2)15(7-9(15)8-21-14)18-13(19)17-12-5-4-10(20-3)6-11(12)16/h4-6,9H,7-8H2,1-3H3,(H2,17,18,19). The van der Waals surface area contributed by atoms with Crippen LogP contribution >= 0.6 is 15.9 Å². The fraction of sp³-hybridized carbons (Fsp3) is 0.533. The van der Waals surface area contributed by atoms with Crippen LogP contribution in [0.15, 0.2) is 22.7 Å². The van der Waals surface area contributed by atoms with Crippen molar-refractivity contribution >= 4 is 27.6 Å². The van der Waals surface area contributed by atoms with Crippen molar-refractivity contribution in [3.05, 3.63) is 22.7 Å². The van der Waals surface area contributed by atoms with E-state index in [0.29, 0.717) is 11.6 Å². The first-order valence-electron chi connectivity index (χ1n) is 6.95. The summed E-state index contributed by atoms with van der Waals surface area (Å²) in [6.45, 7) is 4.78. The lowest BCUT2D eigenvalue weighted by atomic mass is 9.96. The van der Waals surface area contributed by atoms with Gasteiger partial charge in [0.05, 0.1) is 30.5 Å². The van der Waals surface area contributed by atoms with Gasteiger partial charge in [0.25, 0.3) is 0 Å². The van der Waals surface area contributed by atoms with Crippen LogP contribution in [0.2, 0.25) is 0 Å². The molecular weight excluding hydrogens is 336 g/mol. The zero-order valence-electron chi connectivity index (χ0n) is 12.3. The highest BCUT2D eigenvalue weighted by Crippen LogP contribution is 2.57. The first-order chi connectivity index (χ1) is 9.88. The number of ether oxygens (including phenoxy) is 2. The van der Waals surface area contributed by atoms with Gasteiger partial charge in [0.15, 0.2) is 0 Å². The molecule has 2 amide bonds. The highest BCUT2D eigenvalue weighted by atomic mass is 79.9. The number of benzene rings is 1. The molecule has 6 heteroatoms. The number of carbonyl (C=O) groups is 1. The third-order valence-electron chi connectivity index (χ3n) is 4.59. The van der Waals surface area contributed by atoms with Crippen molar-refractivity contribution in [1.82, 2.24) is 5.32 Å². The normalized spacial score (nSPS) is 28.7. The number of hydrogen-bond donors (Lipinski definition) is 2. The maximum absolute atomic E-state index is 12.3. The molecule has 2 N–H and O–H groups in total. The van der Waals surface area contributed by atoms with E-state index in [2.05, 4.69) is 26.6 Å². The van der Waals surface area contributed by atoms with Gasteiger partial charge in [-0.15, -0.1) is 0 Å². The van der Waals surface area contributed by atoms with Gasteiger partial charge in [-0.1, -0.05) is 0 Å². The Morgan fingerprint density at radius 2 is 2.24 bits per heavy atom. The predicted octanol–water partition coefficient (Wildman–Crippen LogP) is 3.15. The molecule has 2 fully saturated rings. The topological polar surface area (TPSA) is 59.6 Å². The van der Waals surface area contributed by atoms with Crippen molar-refractivity contribution in [2.45, 2.75) is 31.4 Å². The second kappa shape index (κ2) is 4.88. The number of fused-ring (bicyclic) bond motifs is 1. The fourth-order valence-electron chi connectivity index (χ4n) is 3.09. The lowest BCUT2D eigenvalue weighted by molar-refractivity contribution is -0.00667. The van der Waals surface area contributed by atoms with Gasteiger partial charge in [-0.2, -0.15) is 0 Å². The van der Waals surface area contributed by atoms with E-state index in [0.717, 1.165) is 23.2 Å². The van der Waals surface area contributed by atoms with Crippen LogP contribution in [-0.2, 0) is 4.74 Å². The Morgan fingerprint density at radius 3 is 2.76 bits per heavy atom. The monoisotopic (exact) mass is 354 g/mol. The molecule has 1 aromatic carbocycles. The molecule has 3 rings (SSSR count). The molecule has 1 aromatic rings. The molecule has 2 unspecified atom stereocenters. The van der Waals surface area contributed by atoms with Gasteiger partial charge in [-0.05, 0) is 54.4 Å². The average Bonchev–Trinajstić information content (AvgIpc) is 3.08. The summed E-state index contributed by atoms with van der Waals surface area (Å²) in [6.07, 6.45) is 0.983. The SMILES string of the molecule is COc1ccc(NC(=O)NC23CC2COC3(C)C)c(Br)c1. The number of methoxy groups -OCH3 is 1. The van der Waals surface area contributed by atoms with Crippen LogP contribution in [0.3, 0.4) is 0 Å². The quantitative estimate of drug-likeness (QED) is 0.876. The molecule has 2 atom stereocenters. The molecular formula is C15H19BrN2O3. The Kier molecular flexibility index (Phi) is 3.41. The molecule has 1 aliphatic carbocycles. The van der Waals surface area contributed by atoms with Crippen molar-refractivity contribution in [2.24, 2.45) is 5.92 Å². The number of halogens is 1. The van der Waals surface area contributed by atoms with Gasteiger partial charge in [0, 0.05) is 10.4 Å². The predicted molar refractivity (Wildman–Crippen MR) is 83.7 cm³/mol. The number of urea groups is 1. The van der Waals surface area contributed by atoms with Crippen LogP contribution in [0, 0.1) is 5.92 Å². The summed E-state index contributed by atoms with van der Waals surface area (Å²) in [6, 6.07) is 5.22. The molecule has 1 saturated carbocycles. The van der Waals surface area contributed by atoms with Crippen molar-refractivity contribution in [3.8, 4) is 5.75 Å². The Morgan fingerprint density at radius 1 is 1.48 bits per heavy atom. The average molecular weight is 355 g/mol. The maximum Gasteiger partial charge on any atom is 0.319 e. The summed E-state index contributed by atoms with van der Waals surface area (Å²) >= 11 is 3.43. The second-order valence-corrected chi connectivity index (χ2v) is 6.97. The fourth-order valence-corrected chi connectivity index (χ4v) is 3.55. The molecule has 114 valence electrons. The summed E-state index contributed by atoms with van der Waals surface area (Å²) in [5, 5.41) is 5.97. The van der Waals surface area contributed by atoms with Crippen LogP contribution in [0.5, 0.6) is 5.75 Å². The van der Waals surface area contributed by atoms with E-state index in [1.54, 1.807) is 19.2 Å². The summed E-state index contributed by atoms with van der Waals surface area (Å²) < 4.78 is 11.7. The van der Waals surface area contributed by atoms with Crippen LogP contribution in [0.25, 0.3) is 0 Å². The molecule has 2 aliphatic rings. The van der Waals surface area contributed by atoms with Gasteiger partial charge in [-0.25, -0.2) is 4.79 Å². The molecule has 21 heavy (non-hydrogen) atoms. The van der Waals surface area contributed by atoms with Crippen LogP contribution < -0.4 is 15.4 Å². The largest absolute Gasteiger partial charge is 0.497 e. The lowest BCUT2D eigenvalue weighted by Gasteiger charge is -2.31. The van der Waals surface area contributed by atoms with Gasteiger partial charge in [0.1, 0.15) is 5.75 Å². The first kappa shape index (κ1) is 14.7. The Labute approximate surface area is 132 Å². The van der Waals surface area contributed by atoms with Gasteiger partial charge < -0.3 is 20.1 Å². The molecule has 1 saturated heterocycles. The lowest BCUT2D eigenvalue weighted by Crippen LogP contribution is -2.52. The van der Waals surface area contributed by atoms with Crippen LogP contribution in [-0.4, -0.2) is 30.9 Å². The minimum absolute atomic E-state index is 0.207. The smallest absolute Gasteiger partial charge is 0.319 e. The minimum atomic E-state index is -0.313. The molecule has 0 aromatic heterocycles. The van der Waals surface area contributed by atoms with E-state index in [1.165, 1.54) is 0 Å². The summed E-state index contributed by atoms with van der Waals surface area (Å²) in [5.74, 6) is 1.16. The van der Waals surface area contributed by atoms with E-state index in [4.69, 9.17) is 9.47 Å². The summed E-state index contributed by atoms with van der Waals surface area (Å²) in [4.78, 5) is 12.3. The number of anilines is 1. The second-order valence-electron chi connectivity index (χ2n) is 6.12. The number of rotatable bonds is 3. The zero-order valence-corrected chi connectivity index (χ0v) is 13.9. The van der Waals surface area contributed by atoms with Crippen molar-refractivity contribution in [3.63, 3.8) is 0 Å². The molecule has 5 nitrogen and oxygen atoms in total. The van der Waals surface area contributed by atoms with E-state index in [9.17, 15) is 4.79 Å². The Bertz CT molecular complexity index is 590. The Balaban J connectivity index is 1.68. The Hall–Kier alpha value is -1.27.